The normalized spacial score (nSPS) is 10.8. The molecule has 2 aromatic rings. The largest absolute Gasteiger partial charge is 0.352 e. The van der Waals surface area contributed by atoms with Gasteiger partial charge in [0, 0.05) is 25.4 Å². The number of amides is 2. The van der Waals surface area contributed by atoms with Gasteiger partial charge in [-0.05, 0) is 12.1 Å². The van der Waals surface area contributed by atoms with E-state index in [0.29, 0.717) is 30.4 Å². The van der Waals surface area contributed by atoms with E-state index in [1.165, 1.54) is 0 Å². The summed E-state index contributed by atoms with van der Waals surface area (Å²) in [5, 5.41) is 3.16. The molecule has 0 aliphatic carbocycles. The molecule has 102 valence electrons. The molecular weight excluding hydrogens is 287 g/mol. The molecule has 2 rings (SSSR count). The summed E-state index contributed by atoms with van der Waals surface area (Å²) >= 11 is 11.9. The summed E-state index contributed by atoms with van der Waals surface area (Å²) in [6.07, 6.45) is 0.642. The van der Waals surface area contributed by atoms with Crippen LogP contribution in [0.5, 0.6) is 0 Å². The van der Waals surface area contributed by atoms with E-state index in [1.807, 2.05) is 16.7 Å². The van der Waals surface area contributed by atoms with Gasteiger partial charge >= 0.3 is 6.03 Å². The second kappa shape index (κ2) is 6.12. The van der Waals surface area contributed by atoms with Gasteiger partial charge in [0.1, 0.15) is 11.3 Å². The fourth-order valence-electron chi connectivity index (χ4n) is 1.98. The zero-order chi connectivity index (χ0) is 13.8. The van der Waals surface area contributed by atoms with Crippen molar-refractivity contribution in [1.29, 1.82) is 0 Å². The molecule has 7 heteroatoms. The van der Waals surface area contributed by atoms with Gasteiger partial charge < -0.3 is 15.6 Å². The van der Waals surface area contributed by atoms with Crippen LogP contribution in [-0.2, 0) is 13.0 Å². The Kier molecular flexibility index (Phi) is 4.50. The Bertz CT molecular complexity index is 597. The summed E-state index contributed by atoms with van der Waals surface area (Å²) in [5.74, 6) is 1.33. The van der Waals surface area contributed by atoms with Gasteiger partial charge in [0.05, 0.1) is 10.5 Å². The molecule has 1 aromatic carbocycles. The van der Waals surface area contributed by atoms with Gasteiger partial charge in [-0.1, -0.05) is 17.7 Å². The lowest BCUT2D eigenvalue weighted by Gasteiger charge is -2.08. The molecule has 1 aromatic heterocycles. The maximum absolute atomic E-state index is 10.7. The molecule has 3 N–H and O–H groups in total. The number of carbonyl (C=O) groups is 1. The van der Waals surface area contributed by atoms with E-state index in [2.05, 4.69) is 10.3 Å². The smallest absolute Gasteiger partial charge is 0.312 e. The SMILES string of the molecule is NC(=O)NCCn1c(CCCl)nc2c(Cl)cccc21. The molecule has 0 saturated carbocycles. The zero-order valence-electron chi connectivity index (χ0n) is 10.2. The number of carbonyl (C=O) groups excluding carboxylic acids is 1. The van der Waals surface area contributed by atoms with Crippen molar-refractivity contribution in [1.82, 2.24) is 14.9 Å². The summed E-state index contributed by atoms with van der Waals surface area (Å²) in [7, 11) is 0. The molecule has 0 radical (unpaired) electrons. The van der Waals surface area contributed by atoms with Crippen molar-refractivity contribution < 1.29 is 4.79 Å². The molecule has 0 aliphatic rings. The summed E-state index contributed by atoms with van der Waals surface area (Å²) in [4.78, 5) is 15.2. The summed E-state index contributed by atoms with van der Waals surface area (Å²) < 4.78 is 2.00. The van der Waals surface area contributed by atoms with Gasteiger partial charge in [-0.25, -0.2) is 9.78 Å². The number of hydrogen-bond acceptors (Lipinski definition) is 2. The highest BCUT2D eigenvalue weighted by Crippen LogP contribution is 2.24. The quantitative estimate of drug-likeness (QED) is 0.830. The summed E-state index contributed by atoms with van der Waals surface area (Å²) in [6.45, 7) is 1.01. The molecule has 0 atom stereocenters. The minimum Gasteiger partial charge on any atom is -0.352 e. The van der Waals surface area contributed by atoms with Gasteiger partial charge in [-0.3, -0.25) is 0 Å². The van der Waals surface area contributed by atoms with Crippen molar-refractivity contribution in [2.75, 3.05) is 12.4 Å². The van der Waals surface area contributed by atoms with E-state index in [4.69, 9.17) is 28.9 Å². The van der Waals surface area contributed by atoms with Gasteiger partial charge in [0.15, 0.2) is 0 Å². The van der Waals surface area contributed by atoms with E-state index in [-0.39, 0.29) is 0 Å². The van der Waals surface area contributed by atoms with Crippen LogP contribution in [0.25, 0.3) is 11.0 Å². The number of primary amides is 1. The number of benzene rings is 1. The molecule has 0 bridgehead atoms. The number of para-hydroxylation sites is 1. The number of alkyl halides is 1. The number of aryl methyl sites for hydroxylation is 1. The van der Waals surface area contributed by atoms with Gasteiger partial charge in [-0.15, -0.1) is 11.6 Å². The minimum absolute atomic E-state index is 0.433. The van der Waals surface area contributed by atoms with Crippen LogP contribution in [0.2, 0.25) is 5.02 Å². The monoisotopic (exact) mass is 300 g/mol. The third-order valence-corrected chi connectivity index (χ3v) is 3.26. The molecule has 1 heterocycles. The highest BCUT2D eigenvalue weighted by Gasteiger charge is 2.12. The molecule has 0 unspecified atom stereocenters. The lowest BCUT2D eigenvalue weighted by atomic mass is 10.3. The number of nitrogens with two attached hydrogens (primary N) is 1. The number of urea groups is 1. The van der Waals surface area contributed by atoms with Crippen LogP contribution in [-0.4, -0.2) is 28.0 Å². The van der Waals surface area contributed by atoms with Crippen LogP contribution in [0.15, 0.2) is 18.2 Å². The highest BCUT2D eigenvalue weighted by molar-refractivity contribution is 6.34. The molecule has 19 heavy (non-hydrogen) atoms. The Morgan fingerprint density at radius 2 is 2.26 bits per heavy atom. The third kappa shape index (κ3) is 3.11. The van der Waals surface area contributed by atoms with Crippen molar-refractivity contribution in [2.24, 2.45) is 5.73 Å². The highest BCUT2D eigenvalue weighted by atomic mass is 35.5. The van der Waals surface area contributed by atoms with E-state index in [1.54, 1.807) is 6.07 Å². The van der Waals surface area contributed by atoms with Crippen molar-refractivity contribution in [3.05, 3.63) is 29.0 Å². The minimum atomic E-state index is -0.540. The van der Waals surface area contributed by atoms with Gasteiger partial charge in [0.2, 0.25) is 0 Å². The van der Waals surface area contributed by atoms with Crippen LogP contribution in [0.3, 0.4) is 0 Å². The van der Waals surface area contributed by atoms with Crippen LogP contribution >= 0.6 is 23.2 Å². The van der Waals surface area contributed by atoms with Crippen molar-refractivity contribution >= 4 is 40.3 Å². The summed E-state index contributed by atoms with van der Waals surface area (Å²) in [6, 6.07) is 5.07. The van der Waals surface area contributed by atoms with Crippen molar-refractivity contribution in [3.8, 4) is 0 Å². The summed E-state index contributed by atoms with van der Waals surface area (Å²) in [5.41, 5.74) is 6.73. The average molecular weight is 301 g/mol. The van der Waals surface area contributed by atoms with Crippen LogP contribution in [0, 0.1) is 0 Å². The zero-order valence-corrected chi connectivity index (χ0v) is 11.7. The maximum Gasteiger partial charge on any atom is 0.312 e. The number of rotatable bonds is 5. The lowest BCUT2D eigenvalue weighted by molar-refractivity contribution is 0.248. The van der Waals surface area contributed by atoms with Crippen LogP contribution in [0.4, 0.5) is 4.79 Å². The number of imidazole rings is 1. The molecule has 0 fully saturated rings. The number of fused-ring (bicyclic) bond motifs is 1. The topological polar surface area (TPSA) is 72.9 Å². The first-order valence-corrected chi connectivity index (χ1v) is 6.77. The van der Waals surface area contributed by atoms with Crippen LogP contribution in [0.1, 0.15) is 5.82 Å². The van der Waals surface area contributed by atoms with Gasteiger partial charge in [-0.2, -0.15) is 0 Å². The number of aromatic nitrogens is 2. The van der Waals surface area contributed by atoms with Crippen molar-refractivity contribution in [2.45, 2.75) is 13.0 Å². The average Bonchev–Trinajstić information content (AvgIpc) is 2.70. The number of nitrogens with zero attached hydrogens (tertiary/aromatic N) is 2. The first-order valence-electron chi connectivity index (χ1n) is 5.86. The molecule has 0 aliphatic heterocycles. The standard InChI is InChI=1S/C12H14Cl2N4O/c13-5-4-10-17-11-8(14)2-1-3-9(11)18(10)7-6-16-12(15)19/h1-3H,4-7H2,(H3,15,16,19). The van der Waals surface area contributed by atoms with Gasteiger partial charge in [0.25, 0.3) is 0 Å². The predicted octanol–water partition coefficient (Wildman–Crippen LogP) is 2.14. The fraction of sp³-hybridized carbons (Fsp3) is 0.333. The molecular formula is C12H14Cl2N4O. The van der Waals surface area contributed by atoms with E-state index in [0.717, 1.165) is 16.9 Å². The Balaban J connectivity index is 2.35. The molecule has 2 amide bonds. The number of hydrogen-bond donors (Lipinski definition) is 2. The fourth-order valence-corrected chi connectivity index (χ4v) is 2.36. The first-order chi connectivity index (χ1) is 9.13. The first kappa shape index (κ1) is 14.0. The Hall–Kier alpha value is -1.46. The van der Waals surface area contributed by atoms with Crippen molar-refractivity contribution in [3.63, 3.8) is 0 Å². The second-order valence-corrected chi connectivity index (χ2v) is 4.80. The lowest BCUT2D eigenvalue weighted by Crippen LogP contribution is -2.32. The van der Waals surface area contributed by atoms with Crippen LogP contribution < -0.4 is 11.1 Å². The molecule has 0 saturated heterocycles. The van der Waals surface area contributed by atoms with E-state index >= 15 is 0 Å². The predicted molar refractivity (Wildman–Crippen MR) is 76.8 cm³/mol. The molecule has 5 nitrogen and oxygen atoms in total. The molecule has 0 spiro atoms. The van der Waals surface area contributed by atoms with E-state index in [9.17, 15) is 4.79 Å². The maximum atomic E-state index is 10.7. The third-order valence-electron chi connectivity index (χ3n) is 2.76. The Labute approximate surface area is 120 Å². The van der Waals surface area contributed by atoms with E-state index < -0.39 is 6.03 Å². The Morgan fingerprint density at radius 3 is 2.95 bits per heavy atom. The Morgan fingerprint density at radius 1 is 1.47 bits per heavy atom. The number of halogens is 2. The second-order valence-electron chi connectivity index (χ2n) is 4.02. The number of nitrogens with one attached hydrogen (secondary N) is 1.